The zero-order chi connectivity index (χ0) is 13.3. The van der Waals surface area contributed by atoms with Crippen molar-refractivity contribution >= 4 is 11.8 Å². The summed E-state index contributed by atoms with van der Waals surface area (Å²) in [4.78, 5) is 26.6. The number of hydrogen-bond donors (Lipinski definition) is 1. The first-order chi connectivity index (χ1) is 8.52. The number of amides is 2. The highest BCUT2D eigenvalue weighted by Gasteiger charge is 2.45. The smallest absolute Gasteiger partial charge is 0.248 e. The molecule has 1 aliphatic heterocycles. The van der Waals surface area contributed by atoms with E-state index in [0.29, 0.717) is 25.2 Å². The zero-order valence-corrected chi connectivity index (χ0v) is 11.7. The van der Waals surface area contributed by atoms with Crippen LogP contribution in [-0.4, -0.2) is 34.8 Å². The fraction of sp³-hybridized carbons (Fsp3) is 0.857. The van der Waals surface area contributed by atoms with Crippen molar-refractivity contribution in [3.8, 4) is 0 Å². The molecule has 0 aromatic rings. The van der Waals surface area contributed by atoms with Gasteiger partial charge in [0.05, 0.1) is 0 Å². The first-order valence-corrected chi connectivity index (χ1v) is 7.14. The van der Waals surface area contributed by atoms with Gasteiger partial charge in [-0.25, -0.2) is 0 Å². The van der Waals surface area contributed by atoms with Crippen LogP contribution in [0, 0.1) is 5.92 Å². The van der Waals surface area contributed by atoms with Crippen LogP contribution in [0.5, 0.6) is 0 Å². The number of rotatable bonds is 4. The van der Waals surface area contributed by atoms with Crippen LogP contribution in [0.15, 0.2) is 0 Å². The van der Waals surface area contributed by atoms with Crippen LogP contribution in [0.1, 0.15) is 52.9 Å². The molecule has 1 N–H and O–H groups in total. The van der Waals surface area contributed by atoms with Crippen molar-refractivity contribution in [2.75, 3.05) is 6.54 Å². The minimum Gasteiger partial charge on any atom is -0.342 e. The fourth-order valence-corrected chi connectivity index (χ4v) is 2.80. The van der Waals surface area contributed by atoms with E-state index in [9.17, 15) is 9.59 Å². The Morgan fingerprint density at radius 3 is 2.39 bits per heavy atom. The van der Waals surface area contributed by atoms with Gasteiger partial charge in [-0.15, -0.1) is 0 Å². The molecule has 2 aliphatic rings. The average molecular weight is 252 g/mol. The fourth-order valence-electron chi connectivity index (χ4n) is 2.80. The van der Waals surface area contributed by atoms with Gasteiger partial charge in [-0.05, 0) is 38.5 Å². The van der Waals surface area contributed by atoms with Gasteiger partial charge in [0, 0.05) is 19.0 Å². The minimum absolute atomic E-state index is 0.0119. The second-order valence-corrected chi connectivity index (χ2v) is 5.79. The van der Waals surface area contributed by atoms with Crippen LogP contribution in [0.3, 0.4) is 0 Å². The third kappa shape index (κ3) is 2.38. The van der Waals surface area contributed by atoms with Crippen LogP contribution < -0.4 is 5.32 Å². The van der Waals surface area contributed by atoms with Gasteiger partial charge in [-0.3, -0.25) is 9.59 Å². The van der Waals surface area contributed by atoms with Crippen molar-refractivity contribution in [3.63, 3.8) is 0 Å². The normalized spacial score (nSPS) is 27.9. The van der Waals surface area contributed by atoms with E-state index in [0.717, 1.165) is 6.54 Å². The van der Waals surface area contributed by atoms with Crippen molar-refractivity contribution in [1.29, 1.82) is 0 Å². The third-order valence-electron chi connectivity index (χ3n) is 4.42. The average Bonchev–Trinajstić information content (AvgIpc) is 3.15. The lowest BCUT2D eigenvalue weighted by Gasteiger charge is -2.35. The number of nitrogens with one attached hydrogen (secondary N) is 1. The van der Waals surface area contributed by atoms with E-state index in [1.807, 2.05) is 25.7 Å². The minimum atomic E-state index is -0.670. The number of hydrogen-bond acceptors (Lipinski definition) is 2. The van der Waals surface area contributed by atoms with Crippen LogP contribution in [0.4, 0.5) is 0 Å². The molecule has 2 rings (SSSR count). The van der Waals surface area contributed by atoms with E-state index < -0.39 is 5.54 Å². The van der Waals surface area contributed by atoms with Crippen LogP contribution >= 0.6 is 0 Å². The Labute approximate surface area is 109 Å². The highest BCUT2D eigenvalue weighted by atomic mass is 16.2. The molecule has 0 radical (unpaired) electrons. The predicted octanol–water partition coefficient (Wildman–Crippen LogP) is 1.69. The molecule has 1 saturated heterocycles. The lowest BCUT2D eigenvalue weighted by molar-refractivity contribution is -0.140. The van der Waals surface area contributed by atoms with Crippen molar-refractivity contribution < 1.29 is 9.59 Å². The molecule has 4 heteroatoms. The van der Waals surface area contributed by atoms with Gasteiger partial charge in [0.25, 0.3) is 0 Å². The largest absolute Gasteiger partial charge is 0.342 e. The molecule has 102 valence electrons. The monoisotopic (exact) mass is 252 g/mol. The van der Waals surface area contributed by atoms with E-state index in [4.69, 9.17) is 0 Å². The molecular formula is C14H24N2O2. The Morgan fingerprint density at radius 1 is 1.28 bits per heavy atom. The molecule has 1 atom stereocenters. The lowest BCUT2D eigenvalue weighted by Crippen LogP contribution is -2.57. The van der Waals surface area contributed by atoms with Gasteiger partial charge < -0.3 is 10.2 Å². The van der Waals surface area contributed by atoms with Crippen LogP contribution in [-0.2, 0) is 9.59 Å². The standard InChI is InChI=1S/C14H24N2O2/c1-4-14(5-2)13(18)16(9-11-6-7-11)10(3)8-12(17)15-14/h10-11H,4-9H2,1-3H3,(H,15,17). The maximum atomic E-state index is 12.8. The van der Waals surface area contributed by atoms with Gasteiger partial charge in [-0.1, -0.05) is 13.8 Å². The quantitative estimate of drug-likeness (QED) is 0.827. The number of carbonyl (C=O) groups excluding carboxylic acids is 2. The Morgan fingerprint density at radius 2 is 1.89 bits per heavy atom. The molecule has 0 spiro atoms. The van der Waals surface area contributed by atoms with Gasteiger partial charge >= 0.3 is 0 Å². The molecule has 0 aromatic carbocycles. The van der Waals surface area contributed by atoms with Gasteiger partial charge in [0.1, 0.15) is 5.54 Å². The topological polar surface area (TPSA) is 49.4 Å². The summed E-state index contributed by atoms with van der Waals surface area (Å²) in [6, 6.07) is 0.0260. The first-order valence-electron chi connectivity index (χ1n) is 7.14. The van der Waals surface area contributed by atoms with E-state index >= 15 is 0 Å². The van der Waals surface area contributed by atoms with Crippen LogP contribution in [0.2, 0.25) is 0 Å². The molecular weight excluding hydrogens is 228 g/mol. The summed E-state index contributed by atoms with van der Waals surface area (Å²) in [6.45, 7) is 6.78. The summed E-state index contributed by atoms with van der Waals surface area (Å²) in [5.74, 6) is 0.798. The highest BCUT2D eigenvalue weighted by Crippen LogP contribution is 2.33. The molecule has 0 bridgehead atoms. The molecule has 1 heterocycles. The summed E-state index contributed by atoms with van der Waals surface area (Å²) in [5, 5.41) is 2.97. The lowest BCUT2D eigenvalue weighted by atomic mass is 9.91. The second kappa shape index (κ2) is 4.90. The Bertz CT molecular complexity index is 346. The summed E-state index contributed by atoms with van der Waals surface area (Å²) in [5.41, 5.74) is -0.670. The second-order valence-electron chi connectivity index (χ2n) is 5.79. The summed E-state index contributed by atoms with van der Waals surface area (Å²) in [6.07, 6.45) is 4.22. The maximum absolute atomic E-state index is 12.8. The molecule has 1 unspecified atom stereocenters. The van der Waals surface area contributed by atoms with Gasteiger partial charge in [0.15, 0.2) is 0 Å². The highest BCUT2D eigenvalue weighted by molar-refractivity contribution is 5.94. The zero-order valence-electron chi connectivity index (χ0n) is 11.7. The predicted molar refractivity (Wildman–Crippen MR) is 70.0 cm³/mol. The van der Waals surface area contributed by atoms with E-state index in [2.05, 4.69) is 5.32 Å². The summed E-state index contributed by atoms with van der Waals surface area (Å²) < 4.78 is 0. The summed E-state index contributed by atoms with van der Waals surface area (Å²) >= 11 is 0. The van der Waals surface area contributed by atoms with Gasteiger partial charge in [0.2, 0.25) is 11.8 Å². The Balaban J connectivity index is 2.25. The first kappa shape index (κ1) is 13.4. The number of carbonyl (C=O) groups is 2. The van der Waals surface area contributed by atoms with Crippen molar-refractivity contribution in [2.24, 2.45) is 5.92 Å². The van der Waals surface area contributed by atoms with Crippen molar-refractivity contribution in [2.45, 2.75) is 64.5 Å². The molecule has 4 nitrogen and oxygen atoms in total. The molecule has 0 aromatic heterocycles. The van der Waals surface area contributed by atoms with Crippen LogP contribution in [0.25, 0.3) is 0 Å². The van der Waals surface area contributed by atoms with Crippen molar-refractivity contribution in [3.05, 3.63) is 0 Å². The molecule has 1 saturated carbocycles. The maximum Gasteiger partial charge on any atom is 0.248 e. The summed E-state index contributed by atoms with van der Waals surface area (Å²) in [7, 11) is 0. The van der Waals surface area contributed by atoms with Gasteiger partial charge in [-0.2, -0.15) is 0 Å². The van der Waals surface area contributed by atoms with Crippen molar-refractivity contribution in [1.82, 2.24) is 10.2 Å². The molecule has 18 heavy (non-hydrogen) atoms. The third-order valence-corrected chi connectivity index (χ3v) is 4.42. The Hall–Kier alpha value is -1.06. The van der Waals surface area contributed by atoms with E-state index in [1.165, 1.54) is 12.8 Å². The van der Waals surface area contributed by atoms with E-state index in [1.54, 1.807) is 0 Å². The molecule has 2 amide bonds. The SMILES string of the molecule is CCC1(CC)NC(=O)CC(C)N(CC2CC2)C1=O. The van der Waals surface area contributed by atoms with E-state index in [-0.39, 0.29) is 17.9 Å². The molecule has 1 aliphatic carbocycles. The molecule has 2 fully saturated rings. The number of nitrogens with zero attached hydrogens (tertiary/aromatic N) is 1. The Kier molecular flexibility index (Phi) is 3.64.